The van der Waals surface area contributed by atoms with Crippen LogP contribution in [0.15, 0.2) is 16.8 Å². The van der Waals surface area contributed by atoms with Gasteiger partial charge in [-0.2, -0.15) is 11.3 Å². The lowest BCUT2D eigenvalue weighted by Gasteiger charge is -2.26. The molecule has 1 aliphatic carbocycles. The minimum absolute atomic E-state index is 0.0358. The van der Waals surface area contributed by atoms with Gasteiger partial charge in [-0.15, -0.1) is 0 Å². The number of carbonyl (C=O) groups is 1. The highest BCUT2D eigenvalue weighted by atomic mass is 32.1. The van der Waals surface area contributed by atoms with Crippen LogP contribution in [0.4, 0.5) is 0 Å². The van der Waals surface area contributed by atoms with Gasteiger partial charge in [0.05, 0.1) is 6.04 Å². The van der Waals surface area contributed by atoms with Crippen molar-refractivity contribution in [1.82, 2.24) is 10.2 Å². The molecule has 1 saturated carbocycles. The molecule has 1 aliphatic heterocycles. The third-order valence-electron chi connectivity index (χ3n) is 4.64. The normalized spacial score (nSPS) is 28.4. The van der Waals surface area contributed by atoms with Crippen molar-refractivity contribution in [3.63, 3.8) is 0 Å². The van der Waals surface area contributed by atoms with Crippen molar-refractivity contribution in [2.75, 3.05) is 6.54 Å². The minimum Gasteiger partial charge on any atom is -0.321 e. The van der Waals surface area contributed by atoms with Crippen LogP contribution < -0.4 is 5.32 Å². The molecule has 0 spiro atoms. The van der Waals surface area contributed by atoms with E-state index in [1.807, 2.05) is 0 Å². The van der Waals surface area contributed by atoms with Gasteiger partial charge >= 0.3 is 0 Å². The van der Waals surface area contributed by atoms with E-state index in [2.05, 4.69) is 47.8 Å². The summed E-state index contributed by atoms with van der Waals surface area (Å²) < 4.78 is 0. The van der Waals surface area contributed by atoms with Gasteiger partial charge < -0.3 is 4.90 Å². The number of nitrogens with zero attached hydrogens (tertiary/aromatic N) is 1. The average Bonchev–Trinajstić information content (AvgIpc) is 3.03. The Balaban J connectivity index is 1.79. The van der Waals surface area contributed by atoms with Crippen LogP contribution in [-0.2, 0) is 4.79 Å². The van der Waals surface area contributed by atoms with E-state index in [-0.39, 0.29) is 18.1 Å². The summed E-state index contributed by atoms with van der Waals surface area (Å²) in [7, 11) is 0. The van der Waals surface area contributed by atoms with Crippen molar-refractivity contribution < 1.29 is 4.79 Å². The first-order chi connectivity index (χ1) is 9.58. The van der Waals surface area contributed by atoms with Crippen LogP contribution in [0.2, 0.25) is 0 Å². The second-order valence-electron chi connectivity index (χ2n) is 6.65. The highest BCUT2D eigenvalue weighted by Crippen LogP contribution is 2.39. The summed E-state index contributed by atoms with van der Waals surface area (Å²) >= 11 is 1.70. The van der Waals surface area contributed by atoms with Gasteiger partial charge in [0.1, 0.15) is 6.17 Å². The molecule has 0 bridgehead atoms. The number of amides is 1. The Morgan fingerprint density at radius 2 is 2.15 bits per heavy atom. The molecule has 20 heavy (non-hydrogen) atoms. The van der Waals surface area contributed by atoms with Crippen molar-refractivity contribution in [3.8, 4) is 0 Å². The van der Waals surface area contributed by atoms with Crippen LogP contribution in [0.5, 0.6) is 0 Å². The molecule has 1 saturated heterocycles. The first-order valence-electron chi connectivity index (χ1n) is 7.66. The van der Waals surface area contributed by atoms with Gasteiger partial charge in [-0.1, -0.05) is 20.8 Å². The van der Waals surface area contributed by atoms with E-state index in [1.54, 1.807) is 11.3 Å². The second kappa shape index (κ2) is 5.49. The Morgan fingerprint density at radius 1 is 1.40 bits per heavy atom. The molecule has 0 aromatic carbocycles. The Bertz CT molecular complexity index is 467. The molecule has 4 heteroatoms. The van der Waals surface area contributed by atoms with Gasteiger partial charge in [0, 0.05) is 6.54 Å². The van der Waals surface area contributed by atoms with Gasteiger partial charge in [-0.3, -0.25) is 10.1 Å². The number of nitrogens with one attached hydrogen (secondary N) is 1. The SMILES string of the molecule is CC(C)C1NC(c2ccsc2)N(CC(C)C2CC2)C1=O. The van der Waals surface area contributed by atoms with E-state index in [1.165, 1.54) is 18.4 Å². The molecule has 3 unspecified atom stereocenters. The zero-order valence-electron chi connectivity index (χ0n) is 12.5. The highest BCUT2D eigenvalue weighted by Gasteiger charge is 2.42. The fourth-order valence-electron chi connectivity index (χ4n) is 3.14. The molecule has 3 nitrogen and oxygen atoms in total. The molecule has 110 valence electrons. The maximum atomic E-state index is 12.7. The zero-order chi connectivity index (χ0) is 14.3. The first-order valence-corrected chi connectivity index (χ1v) is 8.61. The molecule has 2 heterocycles. The second-order valence-corrected chi connectivity index (χ2v) is 7.43. The minimum atomic E-state index is -0.0358. The molecule has 2 fully saturated rings. The average molecular weight is 292 g/mol. The van der Waals surface area contributed by atoms with Gasteiger partial charge in [-0.05, 0) is 53.0 Å². The van der Waals surface area contributed by atoms with E-state index >= 15 is 0 Å². The van der Waals surface area contributed by atoms with Crippen LogP contribution >= 0.6 is 11.3 Å². The quantitative estimate of drug-likeness (QED) is 0.903. The van der Waals surface area contributed by atoms with Gasteiger partial charge in [0.25, 0.3) is 0 Å². The summed E-state index contributed by atoms with van der Waals surface area (Å²) in [6.45, 7) is 7.42. The van der Waals surface area contributed by atoms with Crippen molar-refractivity contribution >= 4 is 17.2 Å². The number of hydrogen-bond donors (Lipinski definition) is 1. The predicted octanol–water partition coefficient (Wildman–Crippen LogP) is 3.25. The van der Waals surface area contributed by atoms with Crippen LogP contribution in [0.1, 0.15) is 45.3 Å². The van der Waals surface area contributed by atoms with Gasteiger partial charge in [-0.25, -0.2) is 0 Å². The maximum absolute atomic E-state index is 12.7. The lowest BCUT2D eigenvalue weighted by atomic mass is 10.0. The number of rotatable bonds is 5. The lowest BCUT2D eigenvalue weighted by molar-refractivity contribution is -0.131. The predicted molar refractivity (Wildman–Crippen MR) is 82.4 cm³/mol. The molecule has 3 atom stereocenters. The number of hydrogen-bond acceptors (Lipinski definition) is 3. The lowest BCUT2D eigenvalue weighted by Crippen LogP contribution is -2.36. The van der Waals surface area contributed by atoms with E-state index < -0.39 is 0 Å². The fourth-order valence-corrected chi connectivity index (χ4v) is 3.82. The standard InChI is InChI=1S/C16H24N2OS/c1-10(2)14-16(19)18(8-11(3)12-4-5-12)15(17-14)13-6-7-20-9-13/h6-7,9-12,14-15,17H,4-5,8H2,1-3H3. The maximum Gasteiger partial charge on any atom is 0.241 e. The van der Waals surface area contributed by atoms with Crippen LogP contribution in [0.3, 0.4) is 0 Å². The first kappa shape index (κ1) is 14.1. The van der Waals surface area contributed by atoms with Crippen molar-refractivity contribution in [3.05, 3.63) is 22.4 Å². The van der Waals surface area contributed by atoms with Crippen LogP contribution in [0.25, 0.3) is 0 Å². The molecule has 1 N–H and O–H groups in total. The monoisotopic (exact) mass is 292 g/mol. The molecule has 3 rings (SSSR count). The zero-order valence-corrected chi connectivity index (χ0v) is 13.3. The topological polar surface area (TPSA) is 32.3 Å². The Hall–Kier alpha value is -0.870. The molecule has 1 amide bonds. The third kappa shape index (κ3) is 2.63. The smallest absolute Gasteiger partial charge is 0.241 e. The Labute approximate surface area is 125 Å². The summed E-state index contributed by atoms with van der Waals surface area (Å²) in [5, 5.41) is 7.79. The number of carbonyl (C=O) groups excluding carboxylic acids is 1. The highest BCUT2D eigenvalue weighted by molar-refractivity contribution is 7.07. The molecular weight excluding hydrogens is 268 g/mol. The summed E-state index contributed by atoms with van der Waals surface area (Å²) in [4.78, 5) is 14.8. The van der Waals surface area contributed by atoms with Crippen molar-refractivity contribution in [1.29, 1.82) is 0 Å². The summed E-state index contributed by atoms with van der Waals surface area (Å²) in [6, 6.07) is 2.10. The fraction of sp³-hybridized carbons (Fsp3) is 0.688. The molecule has 1 aromatic heterocycles. The van der Waals surface area contributed by atoms with E-state index in [0.717, 1.165) is 12.5 Å². The van der Waals surface area contributed by atoms with E-state index in [9.17, 15) is 4.79 Å². The van der Waals surface area contributed by atoms with Crippen LogP contribution in [0, 0.1) is 17.8 Å². The molecular formula is C16H24N2OS. The van der Waals surface area contributed by atoms with Gasteiger partial charge in [0.15, 0.2) is 0 Å². The number of thiophene rings is 1. The van der Waals surface area contributed by atoms with Crippen molar-refractivity contribution in [2.45, 2.75) is 45.8 Å². The Kier molecular flexibility index (Phi) is 3.87. The van der Waals surface area contributed by atoms with Gasteiger partial charge in [0.2, 0.25) is 5.91 Å². The largest absolute Gasteiger partial charge is 0.321 e. The summed E-state index contributed by atoms with van der Waals surface area (Å²) in [5.41, 5.74) is 1.23. The Morgan fingerprint density at radius 3 is 2.70 bits per heavy atom. The van der Waals surface area contributed by atoms with Crippen LogP contribution in [-0.4, -0.2) is 23.4 Å². The van der Waals surface area contributed by atoms with E-state index in [4.69, 9.17) is 0 Å². The van der Waals surface area contributed by atoms with Crippen molar-refractivity contribution in [2.24, 2.45) is 17.8 Å². The molecule has 2 aliphatic rings. The third-order valence-corrected chi connectivity index (χ3v) is 5.34. The molecule has 0 radical (unpaired) electrons. The summed E-state index contributed by atoms with van der Waals surface area (Å²) in [6.07, 6.45) is 2.75. The summed E-state index contributed by atoms with van der Waals surface area (Å²) in [5.74, 6) is 2.07. The van der Waals surface area contributed by atoms with E-state index in [0.29, 0.717) is 11.8 Å². The molecule has 1 aromatic rings.